The molecule has 28 heavy (non-hydrogen) atoms. The molecule has 0 radical (unpaired) electrons. The number of aromatic nitrogens is 1. The van der Waals surface area contributed by atoms with Gasteiger partial charge in [0.25, 0.3) is 0 Å². The highest BCUT2D eigenvalue weighted by molar-refractivity contribution is 5.68. The lowest BCUT2D eigenvalue weighted by Crippen LogP contribution is -2.18. The summed E-state index contributed by atoms with van der Waals surface area (Å²) in [6, 6.07) is 19.5. The van der Waals surface area contributed by atoms with Gasteiger partial charge in [-0.05, 0) is 42.3 Å². The second kappa shape index (κ2) is 8.44. The fraction of sp³-hybridized carbons (Fsp3) is 0.227. The van der Waals surface area contributed by atoms with Gasteiger partial charge in [0.2, 0.25) is 0 Å². The number of nitrogens with zero attached hydrogens (tertiary/aromatic N) is 1. The molecule has 6 heteroatoms. The molecule has 1 aromatic heterocycles. The number of methoxy groups -OCH3 is 1. The quantitative estimate of drug-likeness (QED) is 0.596. The van der Waals surface area contributed by atoms with E-state index in [0.717, 1.165) is 17.2 Å². The first-order valence-corrected chi connectivity index (χ1v) is 8.88. The van der Waals surface area contributed by atoms with Gasteiger partial charge in [-0.2, -0.15) is 13.2 Å². The second-order valence-corrected chi connectivity index (χ2v) is 6.45. The van der Waals surface area contributed by atoms with Crippen LogP contribution in [0.5, 0.6) is 5.75 Å². The molecule has 0 unspecified atom stereocenters. The number of hydrogen-bond donors (Lipinski definition) is 1. The van der Waals surface area contributed by atoms with Crippen LogP contribution in [-0.2, 0) is 12.7 Å². The summed E-state index contributed by atoms with van der Waals surface area (Å²) in [5.41, 5.74) is 1.92. The Morgan fingerprint density at radius 3 is 2.43 bits per heavy atom. The van der Waals surface area contributed by atoms with Crippen molar-refractivity contribution >= 4 is 0 Å². The van der Waals surface area contributed by atoms with Crippen LogP contribution in [0.1, 0.15) is 29.8 Å². The van der Waals surface area contributed by atoms with E-state index >= 15 is 0 Å². The van der Waals surface area contributed by atoms with E-state index in [-0.39, 0.29) is 11.7 Å². The van der Waals surface area contributed by atoms with Crippen LogP contribution in [0.25, 0.3) is 11.3 Å². The molecule has 3 rings (SSSR count). The number of rotatable bonds is 6. The molecule has 1 N–H and O–H groups in total. The SMILES string of the molecule is COc1ccc(CN[C@H](C)c2ccccc2)cc1-c1cccc(C(F)(F)F)n1. The summed E-state index contributed by atoms with van der Waals surface area (Å²) < 4.78 is 44.4. The lowest BCUT2D eigenvalue weighted by Gasteiger charge is -2.16. The van der Waals surface area contributed by atoms with Crippen molar-refractivity contribution in [1.82, 2.24) is 10.3 Å². The zero-order valence-corrected chi connectivity index (χ0v) is 15.6. The Hall–Kier alpha value is -2.86. The van der Waals surface area contributed by atoms with E-state index < -0.39 is 11.9 Å². The van der Waals surface area contributed by atoms with Gasteiger partial charge in [0.1, 0.15) is 11.4 Å². The third-order valence-electron chi connectivity index (χ3n) is 4.49. The monoisotopic (exact) mass is 386 g/mol. The molecule has 1 heterocycles. The fourth-order valence-corrected chi connectivity index (χ4v) is 2.94. The van der Waals surface area contributed by atoms with Crippen molar-refractivity contribution in [3.05, 3.63) is 83.6 Å². The average molecular weight is 386 g/mol. The molecule has 0 aliphatic carbocycles. The first-order chi connectivity index (χ1) is 13.4. The third kappa shape index (κ3) is 4.70. The molecule has 3 aromatic rings. The fourth-order valence-electron chi connectivity index (χ4n) is 2.94. The molecule has 0 saturated carbocycles. The predicted molar refractivity (Wildman–Crippen MR) is 103 cm³/mol. The average Bonchev–Trinajstić information content (AvgIpc) is 2.72. The molecule has 0 amide bonds. The van der Waals surface area contributed by atoms with Crippen LogP contribution in [0.3, 0.4) is 0 Å². The van der Waals surface area contributed by atoms with Crippen LogP contribution in [0.4, 0.5) is 13.2 Å². The Morgan fingerprint density at radius 2 is 1.75 bits per heavy atom. The summed E-state index contributed by atoms with van der Waals surface area (Å²) in [5, 5.41) is 3.43. The summed E-state index contributed by atoms with van der Waals surface area (Å²) in [7, 11) is 1.49. The van der Waals surface area contributed by atoms with Gasteiger partial charge in [-0.15, -0.1) is 0 Å². The number of ether oxygens (including phenoxy) is 1. The molecule has 3 nitrogen and oxygen atoms in total. The second-order valence-electron chi connectivity index (χ2n) is 6.45. The van der Waals surface area contributed by atoms with Gasteiger partial charge in [0, 0.05) is 18.2 Å². The molecule has 0 fully saturated rings. The summed E-state index contributed by atoms with van der Waals surface area (Å²) >= 11 is 0. The third-order valence-corrected chi connectivity index (χ3v) is 4.49. The maximum Gasteiger partial charge on any atom is 0.433 e. The number of pyridine rings is 1. The summed E-state index contributed by atoms with van der Waals surface area (Å²) in [6.07, 6.45) is -4.49. The molecular formula is C22H21F3N2O. The van der Waals surface area contributed by atoms with E-state index in [2.05, 4.69) is 17.2 Å². The summed E-state index contributed by atoms with van der Waals surface area (Å²) in [5.74, 6) is 0.478. The van der Waals surface area contributed by atoms with Crippen molar-refractivity contribution < 1.29 is 17.9 Å². The Labute approximate surface area is 162 Å². The maximum atomic E-state index is 13.0. The minimum atomic E-state index is -4.49. The van der Waals surface area contributed by atoms with Crippen LogP contribution < -0.4 is 10.1 Å². The lowest BCUT2D eigenvalue weighted by molar-refractivity contribution is -0.141. The van der Waals surface area contributed by atoms with Gasteiger partial charge in [-0.3, -0.25) is 0 Å². The van der Waals surface area contributed by atoms with Crippen molar-refractivity contribution in [2.24, 2.45) is 0 Å². The van der Waals surface area contributed by atoms with Gasteiger partial charge >= 0.3 is 6.18 Å². The topological polar surface area (TPSA) is 34.1 Å². The van der Waals surface area contributed by atoms with Crippen molar-refractivity contribution in [3.63, 3.8) is 0 Å². The van der Waals surface area contributed by atoms with Gasteiger partial charge in [0.15, 0.2) is 0 Å². The number of alkyl halides is 3. The predicted octanol–water partition coefficient (Wildman–Crippen LogP) is 5.63. The summed E-state index contributed by atoms with van der Waals surface area (Å²) in [4.78, 5) is 3.78. The van der Waals surface area contributed by atoms with Crippen molar-refractivity contribution in [2.75, 3.05) is 7.11 Å². The Bertz CT molecular complexity index is 927. The number of benzene rings is 2. The molecule has 146 valence electrons. The molecule has 1 atom stereocenters. The van der Waals surface area contributed by atoms with E-state index in [9.17, 15) is 13.2 Å². The first-order valence-electron chi connectivity index (χ1n) is 8.88. The molecule has 0 saturated heterocycles. The standard InChI is InChI=1S/C22H21F3N2O/c1-15(17-7-4-3-5-8-17)26-14-16-11-12-20(28-2)18(13-16)19-9-6-10-21(27-19)22(23,24)25/h3-13,15,26H,14H2,1-2H3/t15-/m1/s1. The first kappa shape index (κ1) is 19.9. The Balaban J connectivity index is 1.85. The molecule has 2 aromatic carbocycles. The highest BCUT2D eigenvalue weighted by atomic mass is 19.4. The number of halogens is 3. The smallest absolute Gasteiger partial charge is 0.433 e. The van der Waals surface area contributed by atoms with Gasteiger partial charge in [-0.25, -0.2) is 4.98 Å². The van der Waals surface area contributed by atoms with Crippen LogP contribution in [0, 0.1) is 0 Å². The largest absolute Gasteiger partial charge is 0.496 e. The summed E-state index contributed by atoms with van der Waals surface area (Å²) in [6.45, 7) is 2.63. The van der Waals surface area contributed by atoms with E-state index in [1.54, 1.807) is 12.1 Å². The van der Waals surface area contributed by atoms with Crippen LogP contribution in [0.2, 0.25) is 0 Å². The molecule has 0 bridgehead atoms. The van der Waals surface area contributed by atoms with Crippen LogP contribution >= 0.6 is 0 Å². The molecule has 0 aliphatic heterocycles. The van der Waals surface area contributed by atoms with Crippen molar-refractivity contribution in [1.29, 1.82) is 0 Å². The van der Waals surface area contributed by atoms with Gasteiger partial charge in [-0.1, -0.05) is 42.5 Å². The van der Waals surface area contributed by atoms with Crippen LogP contribution in [0.15, 0.2) is 66.7 Å². The Kier molecular flexibility index (Phi) is 5.99. The molecule has 0 aliphatic rings. The molecular weight excluding hydrogens is 365 g/mol. The normalized spacial score (nSPS) is 12.6. The molecule has 0 spiro atoms. The number of hydrogen-bond acceptors (Lipinski definition) is 3. The minimum absolute atomic E-state index is 0.137. The lowest BCUT2D eigenvalue weighted by atomic mass is 10.0. The van der Waals surface area contributed by atoms with Gasteiger partial charge in [0.05, 0.1) is 12.8 Å². The Morgan fingerprint density at radius 1 is 1.00 bits per heavy atom. The number of nitrogens with one attached hydrogen (secondary N) is 1. The van der Waals surface area contributed by atoms with Crippen molar-refractivity contribution in [2.45, 2.75) is 25.7 Å². The highest BCUT2D eigenvalue weighted by Crippen LogP contribution is 2.33. The van der Waals surface area contributed by atoms with E-state index in [1.165, 1.54) is 13.2 Å². The van der Waals surface area contributed by atoms with E-state index in [4.69, 9.17) is 4.74 Å². The zero-order valence-electron chi connectivity index (χ0n) is 15.6. The van der Waals surface area contributed by atoms with Crippen molar-refractivity contribution in [3.8, 4) is 17.0 Å². The zero-order chi connectivity index (χ0) is 20.1. The van der Waals surface area contributed by atoms with Crippen LogP contribution in [-0.4, -0.2) is 12.1 Å². The maximum absolute atomic E-state index is 13.0. The van der Waals surface area contributed by atoms with E-state index in [1.807, 2.05) is 42.5 Å². The highest BCUT2D eigenvalue weighted by Gasteiger charge is 2.32. The van der Waals surface area contributed by atoms with E-state index in [0.29, 0.717) is 17.9 Å². The minimum Gasteiger partial charge on any atom is -0.496 e. The van der Waals surface area contributed by atoms with Gasteiger partial charge < -0.3 is 10.1 Å².